The SMILES string of the molecule is C=CCNC(=O)c1ccc(-n2nc(C(F)(F)F)c3c2-c2ccoc2CC3)cc1. The molecule has 3 aromatic rings. The van der Waals surface area contributed by atoms with Gasteiger partial charge in [0, 0.05) is 29.7 Å². The number of nitrogens with one attached hydrogen (secondary N) is 1. The van der Waals surface area contributed by atoms with Crippen LogP contribution in [0.1, 0.15) is 27.4 Å². The van der Waals surface area contributed by atoms with Crippen molar-refractivity contribution in [3.05, 3.63) is 71.8 Å². The zero-order valence-corrected chi connectivity index (χ0v) is 14.7. The number of benzene rings is 1. The Bertz CT molecular complexity index is 1050. The lowest BCUT2D eigenvalue weighted by molar-refractivity contribution is -0.142. The number of nitrogens with zero attached hydrogens (tertiary/aromatic N) is 2. The first-order valence-electron chi connectivity index (χ1n) is 8.65. The minimum absolute atomic E-state index is 0.161. The van der Waals surface area contributed by atoms with Crippen LogP contribution in [0.15, 0.2) is 53.7 Å². The van der Waals surface area contributed by atoms with Gasteiger partial charge < -0.3 is 9.73 Å². The van der Waals surface area contributed by atoms with Crippen LogP contribution in [-0.4, -0.2) is 22.2 Å². The average molecular weight is 387 g/mol. The largest absolute Gasteiger partial charge is 0.469 e. The molecule has 4 rings (SSSR count). The molecule has 0 saturated heterocycles. The number of aromatic nitrogens is 2. The Balaban J connectivity index is 1.80. The minimum Gasteiger partial charge on any atom is -0.469 e. The lowest BCUT2D eigenvalue weighted by atomic mass is 9.94. The first-order chi connectivity index (χ1) is 13.4. The summed E-state index contributed by atoms with van der Waals surface area (Å²) in [5.41, 5.74) is 1.09. The number of rotatable bonds is 4. The number of furan rings is 1. The summed E-state index contributed by atoms with van der Waals surface area (Å²) in [7, 11) is 0. The molecule has 1 aliphatic carbocycles. The molecule has 0 fully saturated rings. The summed E-state index contributed by atoms with van der Waals surface area (Å²) in [6, 6.07) is 7.90. The Kier molecular flexibility index (Phi) is 4.33. The topological polar surface area (TPSA) is 60.1 Å². The predicted octanol–water partition coefficient (Wildman–Crippen LogP) is 4.17. The van der Waals surface area contributed by atoms with Crippen molar-refractivity contribution in [3.8, 4) is 16.9 Å². The van der Waals surface area contributed by atoms with Crippen molar-refractivity contribution in [3.63, 3.8) is 0 Å². The van der Waals surface area contributed by atoms with Crippen LogP contribution < -0.4 is 5.32 Å². The van der Waals surface area contributed by atoms with Gasteiger partial charge in [-0.25, -0.2) is 4.68 Å². The smallest absolute Gasteiger partial charge is 0.435 e. The van der Waals surface area contributed by atoms with Crippen LogP contribution in [0.4, 0.5) is 13.2 Å². The molecule has 0 unspecified atom stereocenters. The quantitative estimate of drug-likeness (QED) is 0.684. The molecule has 0 bridgehead atoms. The van der Waals surface area contributed by atoms with Gasteiger partial charge in [-0.2, -0.15) is 18.3 Å². The summed E-state index contributed by atoms with van der Waals surface area (Å²) >= 11 is 0. The van der Waals surface area contributed by atoms with Crippen LogP contribution in [0, 0.1) is 0 Å². The average Bonchev–Trinajstić information content (AvgIpc) is 3.29. The van der Waals surface area contributed by atoms with Crippen molar-refractivity contribution in [1.82, 2.24) is 15.1 Å². The number of fused-ring (bicyclic) bond motifs is 3. The summed E-state index contributed by atoms with van der Waals surface area (Å²) < 4.78 is 47.3. The van der Waals surface area contributed by atoms with Gasteiger partial charge in [-0.1, -0.05) is 6.08 Å². The Labute approximate surface area is 158 Å². The van der Waals surface area contributed by atoms with E-state index in [9.17, 15) is 18.0 Å². The molecule has 2 heterocycles. The van der Waals surface area contributed by atoms with E-state index >= 15 is 0 Å². The Morgan fingerprint density at radius 1 is 1.25 bits per heavy atom. The van der Waals surface area contributed by atoms with Crippen LogP contribution in [0.25, 0.3) is 16.9 Å². The van der Waals surface area contributed by atoms with Gasteiger partial charge in [-0.3, -0.25) is 4.79 Å². The van der Waals surface area contributed by atoms with Gasteiger partial charge in [0.1, 0.15) is 5.76 Å². The number of hydrogen-bond donors (Lipinski definition) is 1. The number of hydrogen-bond acceptors (Lipinski definition) is 3. The summed E-state index contributed by atoms with van der Waals surface area (Å²) in [5.74, 6) is 0.352. The number of aryl methyl sites for hydroxylation is 1. The molecule has 1 amide bonds. The van der Waals surface area contributed by atoms with Gasteiger partial charge in [-0.15, -0.1) is 6.58 Å². The monoisotopic (exact) mass is 387 g/mol. The molecule has 144 valence electrons. The minimum atomic E-state index is -4.55. The highest BCUT2D eigenvalue weighted by Gasteiger charge is 2.41. The number of carbonyl (C=O) groups excluding carboxylic acids is 1. The lowest BCUT2D eigenvalue weighted by Crippen LogP contribution is -2.23. The summed E-state index contributed by atoms with van der Waals surface area (Å²) in [6.07, 6.45) is -0.929. The van der Waals surface area contributed by atoms with Crippen molar-refractivity contribution in [2.45, 2.75) is 19.0 Å². The third-order valence-electron chi connectivity index (χ3n) is 4.64. The zero-order chi connectivity index (χ0) is 19.9. The highest BCUT2D eigenvalue weighted by atomic mass is 19.4. The molecule has 1 aromatic carbocycles. The molecule has 0 spiro atoms. The van der Waals surface area contributed by atoms with E-state index in [0.29, 0.717) is 41.2 Å². The highest BCUT2D eigenvalue weighted by molar-refractivity contribution is 5.94. The number of halogens is 3. The van der Waals surface area contributed by atoms with Crippen LogP contribution in [0.2, 0.25) is 0 Å². The second-order valence-corrected chi connectivity index (χ2v) is 6.39. The van der Waals surface area contributed by atoms with Gasteiger partial charge in [0.2, 0.25) is 0 Å². The summed E-state index contributed by atoms with van der Waals surface area (Å²) in [4.78, 5) is 12.0. The second kappa shape index (κ2) is 6.70. The fourth-order valence-electron chi connectivity index (χ4n) is 3.38. The molecule has 2 aromatic heterocycles. The molecular weight excluding hydrogens is 371 g/mol. The molecule has 28 heavy (non-hydrogen) atoms. The summed E-state index contributed by atoms with van der Waals surface area (Å²) in [5, 5.41) is 6.52. The van der Waals surface area contributed by atoms with E-state index in [1.54, 1.807) is 36.4 Å². The van der Waals surface area contributed by atoms with Crippen molar-refractivity contribution in [1.29, 1.82) is 0 Å². The fourth-order valence-corrected chi connectivity index (χ4v) is 3.38. The highest BCUT2D eigenvalue weighted by Crippen LogP contribution is 2.42. The van der Waals surface area contributed by atoms with Crippen molar-refractivity contribution >= 4 is 5.91 Å². The maximum atomic E-state index is 13.5. The molecule has 0 atom stereocenters. The van der Waals surface area contributed by atoms with Crippen LogP contribution in [0.3, 0.4) is 0 Å². The van der Waals surface area contributed by atoms with Crippen molar-refractivity contribution in [2.75, 3.05) is 6.54 Å². The third-order valence-corrected chi connectivity index (χ3v) is 4.64. The van der Waals surface area contributed by atoms with Gasteiger partial charge in [0.05, 0.1) is 17.6 Å². The van der Waals surface area contributed by atoms with Gasteiger partial charge >= 0.3 is 6.18 Å². The maximum absolute atomic E-state index is 13.5. The van der Waals surface area contributed by atoms with Crippen LogP contribution in [-0.2, 0) is 19.0 Å². The molecule has 1 aliphatic rings. The molecule has 1 N–H and O–H groups in total. The van der Waals surface area contributed by atoms with E-state index in [-0.39, 0.29) is 17.9 Å². The second-order valence-electron chi connectivity index (χ2n) is 6.39. The van der Waals surface area contributed by atoms with Crippen molar-refractivity contribution < 1.29 is 22.4 Å². The molecule has 0 radical (unpaired) electrons. The molecule has 5 nitrogen and oxygen atoms in total. The van der Waals surface area contributed by atoms with Crippen LogP contribution in [0.5, 0.6) is 0 Å². The van der Waals surface area contributed by atoms with Gasteiger partial charge in [-0.05, 0) is 36.8 Å². The van der Waals surface area contributed by atoms with E-state index in [4.69, 9.17) is 4.42 Å². The van der Waals surface area contributed by atoms with E-state index in [1.807, 2.05) is 0 Å². The van der Waals surface area contributed by atoms with Gasteiger partial charge in [0.25, 0.3) is 5.91 Å². The number of alkyl halides is 3. The van der Waals surface area contributed by atoms with Gasteiger partial charge in [0.15, 0.2) is 5.69 Å². The Morgan fingerprint density at radius 3 is 2.68 bits per heavy atom. The van der Waals surface area contributed by atoms with E-state index < -0.39 is 11.9 Å². The maximum Gasteiger partial charge on any atom is 0.435 e. The van der Waals surface area contributed by atoms with E-state index in [0.717, 1.165) is 0 Å². The van der Waals surface area contributed by atoms with E-state index in [1.165, 1.54) is 10.9 Å². The fraction of sp³-hybridized carbons (Fsp3) is 0.200. The Hall–Kier alpha value is -3.29. The lowest BCUT2D eigenvalue weighted by Gasteiger charge is -2.15. The zero-order valence-electron chi connectivity index (χ0n) is 14.7. The Morgan fingerprint density at radius 2 is 2.00 bits per heavy atom. The van der Waals surface area contributed by atoms with E-state index in [2.05, 4.69) is 17.0 Å². The molecule has 0 aliphatic heterocycles. The first-order valence-corrected chi connectivity index (χ1v) is 8.65. The van der Waals surface area contributed by atoms with Crippen molar-refractivity contribution in [2.24, 2.45) is 0 Å². The molecule has 8 heteroatoms. The normalized spacial score (nSPS) is 13.0. The third kappa shape index (κ3) is 3.00. The molecular formula is C20H16F3N3O2. The predicted molar refractivity (Wildman–Crippen MR) is 96.2 cm³/mol. The van der Waals surface area contributed by atoms with Crippen LogP contribution >= 0.6 is 0 Å². The standard InChI is InChI=1S/C20H16F3N3O2/c1-2-10-24-19(27)12-3-5-13(6-4-12)26-17-14-9-11-28-16(14)8-7-15(17)18(25-26)20(21,22)23/h2-6,9,11H,1,7-8,10H2,(H,24,27). The molecule has 0 saturated carbocycles. The summed E-state index contributed by atoms with van der Waals surface area (Å²) in [6.45, 7) is 3.86. The first kappa shape index (κ1) is 18.1. The number of carbonyl (C=O) groups is 1. The number of amides is 1.